The molecule has 0 atom stereocenters. The van der Waals surface area contributed by atoms with Crippen LogP contribution >= 0.6 is 0 Å². The number of anilines is 1. The Morgan fingerprint density at radius 1 is 1.00 bits per heavy atom. The maximum absolute atomic E-state index is 13.1. The highest BCUT2D eigenvalue weighted by atomic mass is 16.2. The average Bonchev–Trinajstić information content (AvgIpc) is 2.74. The molecule has 31 heavy (non-hydrogen) atoms. The van der Waals surface area contributed by atoms with Crippen molar-refractivity contribution in [1.29, 1.82) is 0 Å². The van der Waals surface area contributed by atoms with Crippen LogP contribution in [0.2, 0.25) is 0 Å². The number of carbonyl (C=O) groups excluding carboxylic acids is 2. The largest absolute Gasteiger partial charge is 0.369 e. The predicted octanol–water partition coefficient (Wildman–Crippen LogP) is 0.221. The lowest BCUT2D eigenvalue weighted by atomic mass is 10.0. The first kappa shape index (κ1) is 20.1. The number of carbonyl (C=O) groups is 2. The van der Waals surface area contributed by atoms with Gasteiger partial charge in [-0.1, -0.05) is 0 Å². The van der Waals surface area contributed by atoms with E-state index in [1.54, 1.807) is 6.07 Å². The van der Waals surface area contributed by atoms with Gasteiger partial charge >= 0.3 is 0 Å². The van der Waals surface area contributed by atoms with Gasteiger partial charge in [0.05, 0.1) is 11.1 Å². The van der Waals surface area contributed by atoms with Gasteiger partial charge < -0.3 is 10.2 Å². The standard InChI is InChI=1S/C22H28N6O3/c1-15-19-11-17(26-9-7-25(8-10-26)14-16-12-23-13-16)5-6-18(19)22(31)28(24-15)27-20(29)3-2-4-21(27)30/h5-6,11,16,23H,2-4,7-10,12-14H2,1H3. The Morgan fingerprint density at radius 2 is 1.71 bits per heavy atom. The van der Waals surface area contributed by atoms with Crippen molar-refractivity contribution in [2.75, 3.05) is 55.7 Å². The second kappa shape index (κ2) is 8.05. The number of piperidine rings is 1. The Morgan fingerprint density at radius 3 is 2.35 bits per heavy atom. The molecule has 4 heterocycles. The number of nitrogens with zero attached hydrogens (tertiary/aromatic N) is 5. The van der Waals surface area contributed by atoms with Crippen molar-refractivity contribution < 1.29 is 9.59 Å². The first-order valence-corrected chi connectivity index (χ1v) is 11.1. The van der Waals surface area contributed by atoms with Crippen LogP contribution in [0.15, 0.2) is 23.0 Å². The van der Waals surface area contributed by atoms with E-state index >= 15 is 0 Å². The number of aryl methyl sites for hydroxylation is 1. The number of imide groups is 1. The molecule has 2 amide bonds. The van der Waals surface area contributed by atoms with Gasteiger partial charge in [0.1, 0.15) is 0 Å². The molecular weight excluding hydrogens is 396 g/mol. The van der Waals surface area contributed by atoms with E-state index in [0.717, 1.165) is 72.6 Å². The Bertz CT molecular complexity index is 1070. The zero-order valence-corrected chi connectivity index (χ0v) is 17.8. The summed E-state index contributed by atoms with van der Waals surface area (Å²) in [6, 6.07) is 5.76. The van der Waals surface area contributed by atoms with Crippen molar-refractivity contribution in [1.82, 2.24) is 20.1 Å². The maximum Gasteiger partial charge on any atom is 0.294 e. The minimum absolute atomic E-state index is 0.249. The van der Waals surface area contributed by atoms with Gasteiger partial charge in [-0.05, 0) is 37.5 Å². The smallest absolute Gasteiger partial charge is 0.294 e. The molecule has 3 fully saturated rings. The molecule has 1 N–H and O–H groups in total. The fourth-order valence-electron chi connectivity index (χ4n) is 4.68. The van der Waals surface area contributed by atoms with Gasteiger partial charge in [0.15, 0.2) is 0 Å². The molecule has 3 saturated heterocycles. The molecule has 0 radical (unpaired) electrons. The number of piperazine rings is 1. The van der Waals surface area contributed by atoms with E-state index < -0.39 is 5.56 Å². The third kappa shape index (κ3) is 3.72. The van der Waals surface area contributed by atoms with Crippen LogP contribution in [0.25, 0.3) is 10.8 Å². The zero-order chi connectivity index (χ0) is 21.5. The van der Waals surface area contributed by atoms with Gasteiger partial charge in [-0.3, -0.25) is 19.3 Å². The van der Waals surface area contributed by atoms with Crippen molar-refractivity contribution in [3.63, 3.8) is 0 Å². The molecule has 2 aromatic rings. The average molecular weight is 425 g/mol. The predicted molar refractivity (Wildman–Crippen MR) is 118 cm³/mol. The molecule has 0 saturated carbocycles. The van der Waals surface area contributed by atoms with E-state index in [1.165, 1.54) is 0 Å². The maximum atomic E-state index is 13.1. The summed E-state index contributed by atoms with van der Waals surface area (Å²) >= 11 is 0. The minimum Gasteiger partial charge on any atom is -0.369 e. The van der Waals surface area contributed by atoms with Crippen LogP contribution < -0.4 is 20.8 Å². The molecule has 1 aromatic carbocycles. The Balaban J connectivity index is 1.39. The minimum atomic E-state index is -0.435. The van der Waals surface area contributed by atoms with E-state index in [1.807, 2.05) is 19.1 Å². The van der Waals surface area contributed by atoms with Crippen LogP contribution in [0.1, 0.15) is 25.0 Å². The lowest BCUT2D eigenvalue weighted by Crippen LogP contribution is -2.53. The van der Waals surface area contributed by atoms with Crippen LogP contribution in [0.3, 0.4) is 0 Å². The van der Waals surface area contributed by atoms with Crippen molar-refractivity contribution in [3.05, 3.63) is 34.2 Å². The normalized spacial score (nSPS) is 21.1. The van der Waals surface area contributed by atoms with Crippen LogP contribution in [-0.2, 0) is 9.59 Å². The molecule has 164 valence electrons. The summed E-state index contributed by atoms with van der Waals surface area (Å²) in [5.41, 5.74) is 1.26. The summed E-state index contributed by atoms with van der Waals surface area (Å²) in [5.74, 6) is 0.0235. The molecule has 0 bridgehead atoms. The summed E-state index contributed by atoms with van der Waals surface area (Å²) < 4.78 is 0. The topological polar surface area (TPSA) is 90.8 Å². The molecule has 0 aliphatic carbocycles. The molecular formula is C22H28N6O3. The van der Waals surface area contributed by atoms with E-state index in [4.69, 9.17) is 0 Å². The Kier molecular flexibility index (Phi) is 5.23. The van der Waals surface area contributed by atoms with Gasteiger partial charge in [-0.15, -0.1) is 4.79 Å². The first-order chi connectivity index (χ1) is 15.0. The second-order valence-electron chi connectivity index (χ2n) is 8.77. The monoisotopic (exact) mass is 424 g/mol. The second-order valence-corrected chi connectivity index (χ2v) is 8.77. The number of aromatic nitrogens is 2. The van der Waals surface area contributed by atoms with Crippen molar-refractivity contribution in [2.24, 2.45) is 5.92 Å². The first-order valence-electron chi connectivity index (χ1n) is 11.1. The highest BCUT2D eigenvalue weighted by Crippen LogP contribution is 2.24. The number of hydrogen-bond acceptors (Lipinski definition) is 7. The van der Waals surface area contributed by atoms with Crippen molar-refractivity contribution >= 4 is 28.3 Å². The van der Waals surface area contributed by atoms with E-state index in [9.17, 15) is 14.4 Å². The number of benzene rings is 1. The Labute approximate surface area is 180 Å². The van der Waals surface area contributed by atoms with Gasteiger partial charge in [0.25, 0.3) is 5.56 Å². The van der Waals surface area contributed by atoms with Gasteiger partial charge in [0, 0.05) is 69.7 Å². The molecule has 0 spiro atoms. The summed E-state index contributed by atoms with van der Waals surface area (Å²) in [7, 11) is 0. The molecule has 3 aliphatic heterocycles. The third-order valence-corrected chi connectivity index (χ3v) is 6.61. The van der Waals surface area contributed by atoms with Gasteiger partial charge in [0.2, 0.25) is 11.8 Å². The molecule has 5 rings (SSSR count). The zero-order valence-electron chi connectivity index (χ0n) is 17.8. The van der Waals surface area contributed by atoms with E-state index in [2.05, 4.69) is 20.2 Å². The molecule has 9 heteroatoms. The van der Waals surface area contributed by atoms with E-state index in [0.29, 0.717) is 17.5 Å². The van der Waals surface area contributed by atoms with Crippen LogP contribution in [0, 0.1) is 12.8 Å². The number of fused-ring (bicyclic) bond motifs is 1. The molecule has 9 nitrogen and oxygen atoms in total. The third-order valence-electron chi connectivity index (χ3n) is 6.61. The summed E-state index contributed by atoms with van der Waals surface area (Å²) in [6.07, 6.45) is 1.02. The molecule has 1 aromatic heterocycles. The Hall–Kier alpha value is -2.78. The summed E-state index contributed by atoms with van der Waals surface area (Å²) in [5, 5.41) is 9.80. The highest BCUT2D eigenvalue weighted by Gasteiger charge is 2.30. The number of hydrogen-bond donors (Lipinski definition) is 1. The number of amides is 2. The van der Waals surface area contributed by atoms with Crippen LogP contribution in [0.5, 0.6) is 0 Å². The van der Waals surface area contributed by atoms with E-state index in [-0.39, 0.29) is 24.7 Å². The van der Waals surface area contributed by atoms with Crippen molar-refractivity contribution in [3.8, 4) is 0 Å². The fraction of sp³-hybridized carbons (Fsp3) is 0.545. The number of rotatable bonds is 4. The fourth-order valence-corrected chi connectivity index (χ4v) is 4.68. The molecule has 3 aliphatic rings. The SMILES string of the molecule is Cc1nn(N2C(=O)CCCC2=O)c(=O)c2ccc(N3CCN(CC4CNC4)CC3)cc12. The van der Waals surface area contributed by atoms with Gasteiger partial charge in [-0.2, -0.15) is 10.1 Å². The lowest BCUT2D eigenvalue weighted by molar-refractivity contribution is -0.131. The van der Waals surface area contributed by atoms with Gasteiger partial charge in [-0.25, -0.2) is 0 Å². The quantitative estimate of drug-likeness (QED) is 0.702. The van der Waals surface area contributed by atoms with Crippen LogP contribution in [0.4, 0.5) is 5.69 Å². The van der Waals surface area contributed by atoms with Crippen molar-refractivity contribution in [2.45, 2.75) is 26.2 Å². The lowest BCUT2D eigenvalue weighted by Gasteiger charge is -2.39. The summed E-state index contributed by atoms with van der Waals surface area (Å²) in [4.78, 5) is 43.4. The number of nitrogens with one attached hydrogen (secondary N) is 1. The van der Waals surface area contributed by atoms with Crippen LogP contribution in [-0.4, -0.2) is 72.4 Å². The summed E-state index contributed by atoms with van der Waals surface area (Å²) in [6.45, 7) is 9.20. The highest BCUT2D eigenvalue weighted by molar-refractivity contribution is 6.10. The molecule has 0 unspecified atom stereocenters.